The smallest absolute Gasteiger partial charge is 0.0707 e. The minimum absolute atomic E-state index is 0.194. The Labute approximate surface area is 113 Å². The molecule has 0 aromatic rings. The van der Waals surface area contributed by atoms with Gasteiger partial charge in [-0.15, -0.1) is 0 Å². The van der Waals surface area contributed by atoms with E-state index in [-0.39, 0.29) is 5.54 Å². The zero-order chi connectivity index (χ0) is 13.6. The van der Waals surface area contributed by atoms with Crippen LogP contribution in [0.3, 0.4) is 0 Å². The van der Waals surface area contributed by atoms with Crippen molar-refractivity contribution in [2.24, 2.45) is 0 Å². The molecule has 0 aromatic carbocycles. The lowest BCUT2D eigenvalue weighted by Crippen LogP contribution is -2.41. The van der Waals surface area contributed by atoms with Crippen molar-refractivity contribution in [1.29, 1.82) is 0 Å². The highest BCUT2D eigenvalue weighted by molar-refractivity contribution is 4.80. The first kappa shape index (κ1) is 15.9. The molecule has 1 heterocycles. The second-order valence-electron chi connectivity index (χ2n) is 6.48. The van der Waals surface area contributed by atoms with Gasteiger partial charge in [-0.2, -0.15) is 0 Å². The van der Waals surface area contributed by atoms with Crippen LogP contribution < -0.4 is 5.32 Å². The van der Waals surface area contributed by atoms with Gasteiger partial charge in [-0.1, -0.05) is 13.8 Å². The van der Waals surface area contributed by atoms with Crippen molar-refractivity contribution < 1.29 is 4.74 Å². The third kappa shape index (κ3) is 6.17. The van der Waals surface area contributed by atoms with Gasteiger partial charge in [-0.25, -0.2) is 0 Å². The summed E-state index contributed by atoms with van der Waals surface area (Å²) >= 11 is 0. The molecule has 108 valence electrons. The van der Waals surface area contributed by atoms with Crippen LogP contribution >= 0.6 is 0 Å². The van der Waals surface area contributed by atoms with Gasteiger partial charge >= 0.3 is 0 Å². The highest BCUT2D eigenvalue weighted by Gasteiger charge is 2.27. The van der Waals surface area contributed by atoms with Crippen LogP contribution in [0.15, 0.2) is 0 Å². The Morgan fingerprint density at radius 3 is 2.39 bits per heavy atom. The predicted molar refractivity (Wildman–Crippen MR) is 78.1 cm³/mol. The second-order valence-corrected chi connectivity index (χ2v) is 6.48. The number of likely N-dealkylation sites (N-methyl/N-ethyl adjacent to an activating group) is 1. The zero-order valence-electron chi connectivity index (χ0n) is 13.0. The Morgan fingerprint density at radius 1 is 1.17 bits per heavy atom. The van der Waals surface area contributed by atoms with Gasteiger partial charge in [0.05, 0.1) is 12.2 Å². The summed E-state index contributed by atoms with van der Waals surface area (Å²) in [6, 6.07) is 0. The van der Waals surface area contributed by atoms with E-state index in [1.807, 2.05) is 0 Å². The van der Waals surface area contributed by atoms with Crippen LogP contribution in [0.1, 0.15) is 53.9 Å². The van der Waals surface area contributed by atoms with E-state index in [0.29, 0.717) is 12.2 Å². The van der Waals surface area contributed by atoms with Crippen LogP contribution in [0.4, 0.5) is 0 Å². The minimum Gasteiger partial charge on any atom is -0.372 e. The maximum Gasteiger partial charge on any atom is 0.0707 e. The largest absolute Gasteiger partial charge is 0.372 e. The monoisotopic (exact) mass is 256 g/mol. The average molecular weight is 256 g/mol. The lowest BCUT2D eigenvalue weighted by atomic mass is 10.1. The Morgan fingerprint density at radius 2 is 1.83 bits per heavy atom. The van der Waals surface area contributed by atoms with Gasteiger partial charge < -0.3 is 15.0 Å². The molecule has 0 radical (unpaired) electrons. The molecule has 2 unspecified atom stereocenters. The van der Waals surface area contributed by atoms with E-state index in [9.17, 15) is 0 Å². The van der Waals surface area contributed by atoms with Crippen molar-refractivity contribution in [3.05, 3.63) is 0 Å². The van der Waals surface area contributed by atoms with Crippen LogP contribution in [0.25, 0.3) is 0 Å². The Balaban J connectivity index is 2.24. The van der Waals surface area contributed by atoms with Gasteiger partial charge in [-0.05, 0) is 53.1 Å². The summed E-state index contributed by atoms with van der Waals surface area (Å²) in [7, 11) is 0. The van der Waals surface area contributed by atoms with Gasteiger partial charge in [-0.3, -0.25) is 0 Å². The number of nitrogens with zero attached hydrogens (tertiary/aromatic N) is 1. The van der Waals surface area contributed by atoms with Crippen molar-refractivity contribution in [3.8, 4) is 0 Å². The van der Waals surface area contributed by atoms with Crippen LogP contribution in [-0.4, -0.2) is 48.8 Å². The molecule has 0 aliphatic carbocycles. The summed E-state index contributed by atoms with van der Waals surface area (Å²) in [5, 5.41) is 3.54. The minimum atomic E-state index is 0.194. The number of hydrogen-bond acceptors (Lipinski definition) is 3. The first-order valence-corrected chi connectivity index (χ1v) is 7.57. The summed E-state index contributed by atoms with van der Waals surface area (Å²) in [5.74, 6) is 0. The maximum atomic E-state index is 6.13. The lowest BCUT2D eigenvalue weighted by molar-refractivity contribution is 0.0218. The molecule has 0 bridgehead atoms. The Hall–Kier alpha value is -0.120. The molecule has 1 saturated heterocycles. The lowest BCUT2D eigenvalue weighted by Gasteiger charge is -2.25. The predicted octanol–water partition coefficient (Wildman–Crippen LogP) is 2.65. The van der Waals surface area contributed by atoms with Gasteiger partial charge in [0, 0.05) is 18.6 Å². The summed E-state index contributed by atoms with van der Waals surface area (Å²) < 4.78 is 6.13. The molecular formula is C15H32N2O. The van der Waals surface area contributed by atoms with E-state index in [1.54, 1.807) is 0 Å². The van der Waals surface area contributed by atoms with Crippen LogP contribution in [0, 0.1) is 0 Å². The maximum absolute atomic E-state index is 6.13. The molecule has 3 nitrogen and oxygen atoms in total. The fourth-order valence-corrected chi connectivity index (χ4v) is 2.47. The van der Waals surface area contributed by atoms with E-state index in [4.69, 9.17) is 4.74 Å². The zero-order valence-corrected chi connectivity index (χ0v) is 13.0. The van der Waals surface area contributed by atoms with Crippen molar-refractivity contribution in [2.45, 2.75) is 71.6 Å². The SMILES string of the molecule is CCCN(CC)CC1CCC(CNC(C)(C)C)O1. The van der Waals surface area contributed by atoms with E-state index in [0.717, 1.165) is 19.6 Å². The molecule has 18 heavy (non-hydrogen) atoms. The molecular weight excluding hydrogens is 224 g/mol. The highest BCUT2D eigenvalue weighted by atomic mass is 16.5. The van der Waals surface area contributed by atoms with E-state index in [1.165, 1.54) is 25.8 Å². The molecule has 1 aliphatic heterocycles. The van der Waals surface area contributed by atoms with Gasteiger partial charge in [0.25, 0.3) is 0 Å². The molecule has 0 saturated carbocycles. The molecule has 1 rings (SSSR count). The van der Waals surface area contributed by atoms with E-state index in [2.05, 4.69) is 44.8 Å². The molecule has 0 aromatic heterocycles. The quantitative estimate of drug-likeness (QED) is 0.758. The Kier molecular flexibility index (Phi) is 6.61. The molecule has 1 aliphatic rings. The van der Waals surface area contributed by atoms with Crippen molar-refractivity contribution in [1.82, 2.24) is 10.2 Å². The molecule has 0 spiro atoms. The molecule has 2 atom stereocenters. The summed E-state index contributed by atoms with van der Waals surface area (Å²) in [4.78, 5) is 2.50. The van der Waals surface area contributed by atoms with Crippen molar-refractivity contribution in [2.75, 3.05) is 26.2 Å². The van der Waals surface area contributed by atoms with Crippen molar-refractivity contribution >= 4 is 0 Å². The number of hydrogen-bond donors (Lipinski definition) is 1. The molecule has 0 amide bonds. The van der Waals surface area contributed by atoms with Gasteiger partial charge in [0.1, 0.15) is 0 Å². The first-order chi connectivity index (χ1) is 8.44. The number of ether oxygens (including phenoxy) is 1. The highest BCUT2D eigenvalue weighted by Crippen LogP contribution is 2.20. The summed E-state index contributed by atoms with van der Waals surface area (Å²) in [6.45, 7) is 15.5. The normalized spacial score (nSPS) is 25.0. The second kappa shape index (κ2) is 7.46. The van der Waals surface area contributed by atoms with Crippen LogP contribution in [0.5, 0.6) is 0 Å². The summed E-state index contributed by atoms with van der Waals surface area (Å²) in [6.07, 6.45) is 4.52. The van der Waals surface area contributed by atoms with Crippen molar-refractivity contribution in [3.63, 3.8) is 0 Å². The average Bonchev–Trinajstić information content (AvgIpc) is 2.73. The van der Waals surface area contributed by atoms with Gasteiger partial charge in [0.15, 0.2) is 0 Å². The Bertz CT molecular complexity index is 225. The van der Waals surface area contributed by atoms with E-state index >= 15 is 0 Å². The number of nitrogens with one attached hydrogen (secondary N) is 1. The molecule has 3 heteroatoms. The fraction of sp³-hybridized carbons (Fsp3) is 1.00. The molecule has 1 fully saturated rings. The number of rotatable bonds is 7. The van der Waals surface area contributed by atoms with Gasteiger partial charge in [0.2, 0.25) is 0 Å². The fourth-order valence-electron chi connectivity index (χ4n) is 2.47. The van der Waals surface area contributed by atoms with Crippen LogP contribution in [0.2, 0.25) is 0 Å². The van der Waals surface area contributed by atoms with Crippen LogP contribution in [-0.2, 0) is 4.74 Å². The standard InChI is InChI=1S/C15H32N2O/c1-6-10-17(7-2)12-14-9-8-13(18-14)11-16-15(3,4)5/h13-14,16H,6-12H2,1-5H3. The topological polar surface area (TPSA) is 24.5 Å². The summed E-state index contributed by atoms with van der Waals surface area (Å²) in [5.41, 5.74) is 0.194. The third-order valence-electron chi connectivity index (χ3n) is 3.50. The third-order valence-corrected chi connectivity index (χ3v) is 3.50. The van der Waals surface area contributed by atoms with E-state index < -0.39 is 0 Å². The first-order valence-electron chi connectivity index (χ1n) is 7.57. The molecule has 1 N–H and O–H groups in total.